The molecular weight excluding hydrogens is 334 g/mol. The van der Waals surface area contributed by atoms with Crippen LogP contribution in [0.3, 0.4) is 0 Å². The van der Waals surface area contributed by atoms with Crippen LogP contribution in [-0.2, 0) is 0 Å². The summed E-state index contributed by atoms with van der Waals surface area (Å²) in [5, 5.41) is 0.320. The molecule has 5 heteroatoms. The highest BCUT2D eigenvalue weighted by Crippen LogP contribution is 2.52. The van der Waals surface area contributed by atoms with Crippen molar-refractivity contribution < 1.29 is 4.79 Å². The summed E-state index contributed by atoms with van der Waals surface area (Å²) < 4.78 is 4.87. The number of rotatable bonds is 4. The quantitative estimate of drug-likeness (QED) is 0.502. The van der Waals surface area contributed by atoms with Gasteiger partial charge in [0.25, 0.3) is 0 Å². The Morgan fingerprint density at radius 2 is 0.875 bits per heavy atom. The summed E-state index contributed by atoms with van der Waals surface area (Å²) >= 11 is 0. The van der Waals surface area contributed by atoms with Crippen molar-refractivity contribution in [3.8, 4) is 0 Å². The van der Waals surface area contributed by atoms with Crippen LogP contribution in [0.25, 0.3) is 0 Å². The molecule has 3 nitrogen and oxygen atoms in total. The minimum atomic E-state index is 0.0986. The van der Waals surface area contributed by atoms with Crippen LogP contribution >= 0.6 is 17.5 Å². The van der Waals surface area contributed by atoms with E-state index in [1.807, 2.05) is 0 Å². The van der Waals surface area contributed by atoms with Crippen molar-refractivity contribution in [1.82, 2.24) is 9.34 Å². The van der Waals surface area contributed by atoms with Gasteiger partial charge in [0.1, 0.15) is 0 Å². The van der Waals surface area contributed by atoms with Gasteiger partial charge in [-0.1, -0.05) is 0 Å². The predicted octanol–water partition coefficient (Wildman–Crippen LogP) is 6.92. The van der Waals surface area contributed by atoms with Crippen molar-refractivity contribution in [2.24, 2.45) is 0 Å². The average molecular weight is 370 g/mol. The molecule has 140 valence electrons. The molecule has 2 aliphatic rings. The van der Waals surface area contributed by atoms with Crippen LogP contribution in [0.5, 0.6) is 0 Å². The highest BCUT2D eigenvalue weighted by Gasteiger charge is 2.37. The van der Waals surface area contributed by atoms with E-state index in [0.717, 1.165) is 17.5 Å². The molecule has 0 amide bonds. The summed E-state index contributed by atoms with van der Waals surface area (Å²) in [7, 11) is 1.74. The Morgan fingerprint density at radius 1 is 0.625 bits per heavy atom. The number of carbonyl (C=O) groups is 1. The van der Waals surface area contributed by atoms with Gasteiger partial charge >= 0.3 is 0 Å². The topological polar surface area (TPSA) is 23.6 Å². The molecule has 2 rings (SSSR count). The summed E-state index contributed by atoms with van der Waals surface area (Å²) in [5.74, 6) is 0. The molecule has 0 bridgehead atoms. The van der Waals surface area contributed by atoms with Crippen LogP contribution in [0, 0.1) is 0 Å². The highest BCUT2D eigenvalue weighted by atomic mass is 31.1. The van der Waals surface area contributed by atoms with Gasteiger partial charge in [0.2, 0.25) is 0 Å². The maximum absolute atomic E-state index is 13.0. The molecule has 24 heavy (non-hydrogen) atoms. The Labute approximate surface area is 153 Å². The normalized spacial score (nSPS) is 30.3. The standard InChI is InChI=1S/C19H36N2OP2/c1-16(2)11-9-12-17(3,4)20(16)23-15(22)24-21-18(5,6)13-10-14-19(21,7)8/h9-14H2,1-8H3/q-2. The molecule has 2 saturated heterocycles. The van der Waals surface area contributed by atoms with E-state index in [-0.39, 0.29) is 22.2 Å². The minimum absolute atomic E-state index is 0.0986. The molecule has 0 radical (unpaired) electrons. The molecule has 0 unspecified atom stereocenters. The predicted molar refractivity (Wildman–Crippen MR) is 107 cm³/mol. The van der Waals surface area contributed by atoms with Crippen molar-refractivity contribution in [3.05, 3.63) is 0 Å². The fourth-order valence-corrected chi connectivity index (χ4v) is 7.22. The smallest absolute Gasteiger partial charge is 0.0110 e. The maximum Gasteiger partial charge on any atom is -0.0110 e. The first-order valence-electron chi connectivity index (χ1n) is 9.36. The second-order valence-corrected chi connectivity index (χ2v) is 12.4. The van der Waals surface area contributed by atoms with Crippen LogP contribution in [0.2, 0.25) is 0 Å². The lowest BCUT2D eigenvalue weighted by molar-refractivity contribution is 0.0627. The Hall–Kier alpha value is 0.450. The van der Waals surface area contributed by atoms with Crippen LogP contribution in [0.15, 0.2) is 0 Å². The Balaban J connectivity index is 2.11. The molecule has 0 aromatic rings. The molecule has 0 atom stereocenters. The Kier molecular flexibility index (Phi) is 5.95. The molecule has 0 N–H and O–H groups in total. The van der Waals surface area contributed by atoms with Crippen molar-refractivity contribution >= 4 is 22.7 Å². The van der Waals surface area contributed by atoms with Gasteiger partial charge in [0.15, 0.2) is 0 Å². The molecule has 0 saturated carbocycles. The molecule has 0 aromatic carbocycles. The zero-order chi connectivity index (χ0) is 18.4. The van der Waals surface area contributed by atoms with E-state index < -0.39 is 0 Å². The summed E-state index contributed by atoms with van der Waals surface area (Å²) in [6.07, 6.45) is 7.21. The second kappa shape index (κ2) is 6.88. The third-order valence-corrected chi connectivity index (χ3v) is 9.26. The molecule has 0 aromatic heterocycles. The minimum Gasteiger partial charge on any atom is -0.446 e. The van der Waals surface area contributed by atoms with E-state index in [4.69, 9.17) is 0 Å². The number of hydrogen-bond donors (Lipinski definition) is 0. The summed E-state index contributed by atoms with van der Waals surface area (Å²) in [6.45, 7) is 18.3. The Morgan fingerprint density at radius 3 is 1.12 bits per heavy atom. The lowest BCUT2D eigenvalue weighted by Crippen LogP contribution is -2.55. The van der Waals surface area contributed by atoms with E-state index in [0.29, 0.717) is 5.27 Å². The monoisotopic (exact) mass is 370 g/mol. The summed E-state index contributed by atoms with van der Waals surface area (Å²) in [6, 6.07) is 0. The van der Waals surface area contributed by atoms with Crippen molar-refractivity contribution in [2.45, 2.75) is 116 Å². The largest absolute Gasteiger partial charge is 0.446 e. The third kappa shape index (κ3) is 4.40. The number of hydrogen-bond acceptors (Lipinski definition) is 3. The molecule has 2 aliphatic heterocycles. The van der Waals surface area contributed by atoms with E-state index in [1.54, 1.807) is 0 Å². The van der Waals surface area contributed by atoms with Crippen LogP contribution in [-0.4, -0.2) is 36.8 Å². The number of nitrogens with zero attached hydrogens (tertiary/aromatic N) is 2. The average Bonchev–Trinajstić information content (AvgIpc) is 2.37. The van der Waals surface area contributed by atoms with E-state index in [1.165, 1.54) is 38.5 Å². The van der Waals surface area contributed by atoms with E-state index in [9.17, 15) is 4.79 Å². The number of carbonyl (C=O) groups excluding carboxylic acids is 1. The van der Waals surface area contributed by atoms with Crippen LogP contribution in [0.4, 0.5) is 4.79 Å². The van der Waals surface area contributed by atoms with E-state index >= 15 is 0 Å². The summed E-state index contributed by atoms with van der Waals surface area (Å²) in [4.78, 5) is 13.0. The first-order valence-corrected chi connectivity index (χ1v) is 11.1. The van der Waals surface area contributed by atoms with Crippen molar-refractivity contribution in [1.29, 1.82) is 0 Å². The van der Waals surface area contributed by atoms with Gasteiger partial charge in [0, 0.05) is 0 Å². The van der Waals surface area contributed by atoms with Gasteiger partial charge in [-0.2, -0.15) is 0 Å². The summed E-state index contributed by atoms with van der Waals surface area (Å²) in [5.41, 5.74) is 0.395. The lowest BCUT2D eigenvalue weighted by Gasteiger charge is -2.66. The van der Waals surface area contributed by atoms with Crippen LogP contribution in [0.1, 0.15) is 93.9 Å². The fraction of sp³-hybridized carbons (Fsp3) is 0.947. The second-order valence-electron chi connectivity index (χ2n) is 10.1. The van der Waals surface area contributed by atoms with Crippen LogP contribution < -0.4 is 0 Å². The first-order chi connectivity index (χ1) is 10.8. The zero-order valence-corrected chi connectivity index (χ0v) is 18.7. The molecule has 2 heterocycles. The molecular formula is C19H36N2OP2-2. The molecule has 0 aliphatic carbocycles. The van der Waals surface area contributed by atoms with Gasteiger partial charge in [-0.25, -0.2) is 0 Å². The fourth-order valence-electron chi connectivity index (χ4n) is 4.70. The highest BCUT2D eigenvalue weighted by molar-refractivity contribution is 7.83. The van der Waals surface area contributed by atoms with Gasteiger partial charge in [-0.05, 0) is 116 Å². The van der Waals surface area contributed by atoms with Gasteiger partial charge in [0.05, 0.1) is 0 Å². The van der Waals surface area contributed by atoms with Crippen molar-refractivity contribution in [2.75, 3.05) is 0 Å². The van der Waals surface area contributed by atoms with Gasteiger partial charge in [-0.15, -0.1) is 5.27 Å². The number of piperidine rings is 2. The SMILES string of the molecule is CC1(C)CCCC(C)(C)N1[P-]C(=O)[P-]N1C(C)(C)CCCC1(C)C. The zero-order valence-electron chi connectivity index (χ0n) is 16.9. The van der Waals surface area contributed by atoms with Gasteiger partial charge in [-0.3, -0.25) is 0 Å². The maximum atomic E-state index is 13.0. The Bertz CT molecular complexity index is 412. The third-order valence-electron chi connectivity index (χ3n) is 5.82. The molecule has 0 spiro atoms. The van der Waals surface area contributed by atoms with Gasteiger partial charge < -0.3 is 31.6 Å². The van der Waals surface area contributed by atoms with E-state index in [2.05, 4.69) is 64.7 Å². The first kappa shape index (κ1) is 20.8. The molecule has 2 fully saturated rings. The van der Waals surface area contributed by atoms with Crippen molar-refractivity contribution in [3.63, 3.8) is 0 Å². The lowest BCUT2D eigenvalue weighted by atomic mass is 9.83.